The number of aromatic nitrogens is 2. The summed E-state index contributed by atoms with van der Waals surface area (Å²) >= 11 is 6.31. The minimum atomic E-state index is -0.717. The highest BCUT2D eigenvalue weighted by molar-refractivity contribution is 6.31. The van der Waals surface area contributed by atoms with Crippen LogP contribution in [0.25, 0.3) is 0 Å². The molecular weight excluding hydrogens is 400 g/mol. The third-order valence-electron chi connectivity index (χ3n) is 6.13. The Balaban J connectivity index is 1.62. The van der Waals surface area contributed by atoms with Gasteiger partial charge in [-0.05, 0) is 60.2 Å². The quantitative estimate of drug-likeness (QED) is 0.697. The van der Waals surface area contributed by atoms with E-state index in [1.165, 1.54) is 0 Å². The van der Waals surface area contributed by atoms with Gasteiger partial charge in [-0.2, -0.15) is 5.10 Å². The number of fused-ring (bicyclic) bond motifs is 3. The molecule has 2 heterocycles. The minimum absolute atomic E-state index is 0.00707. The van der Waals surface area contributed by atoms with Crippen LogP contribution in [0.1, 0.15) is 40.4 Å². The lowest BCUT2D eigenvalue weighted by Crippen LogP contribution is -2.39. The maximum Gasteiger partial charge on any atom is 0.248 e. The summed E-state index contributed by atoms with van der Waals surface area (Å²) in [7, 11) is 0. The molecule has 2 aromatic carbocycles. The maximum atomic E-state index is 13.9. The van der Waals surface area contributed by atoms with Gasteiger partial charge in [0.25, 0.3) is 0 Å². The number of rotatable bonds is 4. The number of hydrogen-bond acceptors (Lipinski definition) is 3. The topological polar surface area (TPSA) is 81.2 Å². The molecule has 2 aliphatic rings. The number of halogens is 1. The van der Waals surface area contributed by atoms with Crippen LogP contribution in [0.15, 0.2) is 48.8 Å². The molecule has 2 amide bonds. The number of amides is 2. The van der Waals surface area contributed by atoms with E-state index in [4.69, 9.17) is 17.3 Å². The maximum absolute atomic E-state index is 13.9. The van der Waals surface area contributed by atoms with E-state index in [1.807, 2.05) is 41.2 Å². The number of aryl methyl sites for hydroxylation is 1. The first-order valence-electron chi connectivity index (χ1n) is 10.0. The van der Waals surface area contributed by atoms with Crippen molar-refractivity contribution in [1.82, 2.24) is 9.78 Å². The Labute approximate surface area is 179 Å². The molecule has 1 aromatic heterocycles. The first-order chi connectivity index (χ1) is 14.4. The number of benzene rings is 2. The van der Waals surface area contributed by atoms with Gasteiger partial charge >= 0.3 is 0 Å². The van der Waals surface area contributed by atoms with E-state index in [2.05, 4.69) is 12.0 Å². The summed E-state index contributed by atoms with van der Waals surface area (Å²) in [5, 5.41) is 4.98. The summed E-state index contributed by atoms with van der Waals surface area (Å²) in [6.45, 7) is 2.87. The lowest BCUT2D eigenvalue weighted by molar-refractivity contribution is -0.122. The number of primary amides is 1. The highest BCUT2D eigenvalue weighted by atomic mass is 35.5. The van der Waals surface area contributed by atoms with E-state index in [0.29, 0.717) is 23.4 Å². The van der Waals surface area contributed by atoms with Crippen molar-refractivity contribution in [2.75, 3.05) is 4.90 Å². The van der Waals surface area contributed by atoms with Crippen LogP contribution < -0.4 is 10.6 Å². The fraction of sp³-hybridized carbons (Fsp3) is 0.261. The van der Waals surface area contributed by atoms with Gasteiger partial charge in [0.15, 0.2) is 0 Å². The molecule has 1 atom stereocenters. The van der Waals surface area contributed by atoms with Crippen LogP contribution in [0.5, 0.6) is 0 Å². The zero-order chi connectivity index (χ0) is 21.0. The molecule has 0 saturated carbocycles. The zero-order valence-electron chi connectivity index (χ0n) is 16.6. The van der Waals surface area contributed by atoms with Gasteiger partial charge in [-0.1, -0.05) is 30.7 Å². The van der Waals surface area contributed by atoms with E-state index in [-0.39, 0.29) is 5.91 Å². The van der Waals surface area contributed by atoms with Gasteiger partial charge in [-0.15, -0.1) is 0 Å². The monoisotopic (exact) mass is 420 g/mol. The molecule has 6 nitrogen and oxygen atoms in total. The number of nitrogens with two attached hydrogens (primary N) is 1. The Morgan fingerprint density at radius 2 is 2.00 bits per heavy atom. The van der Waals surface area contributed by atoms with Gasteiger partial charge in [0.1, 0.15) is 0 Å². The van der Waals surface area contributed by atoms with Crippen LogP contribution in [-0.2, 0) is 29.6 Å². The van der Waals surface area contributed by atoms with Crippen LogP contribution in [0.2, 0.25) is 5.02 Å². The first kappa shape index (κ1) is 18.9. The molecule has 0 unspecified atom stereocenters. The SMILES string of the molecule is CCCn1cc(N2C(=O)[C@@]3(Cc4ccc(C(N)=O)cc4C3)c3ccc(Cl)cc32)cn1. The van der Waals surface area contributed by atoms with E-state index < -0.39 is 11.3 Å². The fourth-order valence-electron chi connectivity index (χ4n) is 4.78. The standard InChI is InChI=1S/C23H21ClN4O2/c1-2-7-27-13-18(12-26-27)28-20-9-17(24)5-6-19(20)23(22(28)30)10-15-4-3-14(21(25)29)8-16(15)11-23/h3-6,8-9,12-13H,2,7,10-11H2,1H3,(H2,25,29)/t23-/m1/s1. The minimum Gasteiger partial charge on any atom is -0.366 e. The molecule has 0 saturated heterocycles. The average molecular weight is 421 g/mol. The highest BCUT2D eigenvalue weighted by Crippen LogP contribution is 2.52. The molecule has 7 heteroatoms. The Morgan fingerprint density at radius 3 is 2.77 bits per heavy atom. The molecule has 1 aliphatic carbocycles. The fourth-order valence-corrected chi connectivity index (χ4v) is 4.95. The predicted molar refractivity (Wildman–Crippen MR) is 115 cm³/mol. The lowest BCUT2D eigenvalue weighted by atomic mass is 9.79. The summed E-state index contributed by atoms with van der Waals surface area (Å²) in [6, 6.07) is 11.1. The molecule has 0 bridgehead atoms. The molecule has 2 N–H and O–H groups in total. The van der Waals surface area contributed by atoms with E-state index >= 15 is 0 Å². The average Bonchev–Trinajstić information content (AvgIpc) is 3.38. The van der Waals surface area contributed by atoms with Gasteiger partial charge in [0.2, 0.25) is 11.8 Å². The number of carbonyl (C=O) groups is 2. The summed E-state index contributed by atoms with van der Waals surface area (Å²) in [5.74, 6) is -0.457. The largest absolute Gasteiger partial charge is 0.366 e. The molecular formula is C23H21ClN4O2. The van der Waals surface area contributed by atoms with Gasteiger partial charge < -0.3 is 5.73 Å². The Kier molecular flexibility index (Phi) is 4.22. The molecule has 0 fully saturated rings. The van der Waals surface area contributed by atoms with Crippen molar-refractivity contribution in [2.24, 2.45) is 5.73 Å². The Morgan fingerprint density at radius 1 is 1.20 bits per heavy atom. The van der Waals surface area contributed by atoms with E-state index in [1.54, 1.807) is 17.2 Å². The molecule has 5 rings (SSSR count). The van der Waals surface area contributed by atoms with Crippen LogP contribution in [0, 0.1) is 0 Å². The van der Waals surface area contributed by atoms with Crippen LogP contribution in [0.4, 0.5) is 11.4 Å². The first-order valence-corrected chi connectivity index (χ1v) is 10.4. The Bertz CT molecular complexity index is 1200. The molecule has 1 spiro atoms. The molecule has 152 valence electrons. The van der Waals surface area contributed by atoms with Crippen LogP contribution in [0.3, 0.4) is 0 Å². The van der Waals surface area contributed by atoms with Crippen molar-refractivity contribution in [2.45, 2.75) is 38.1 Å². The van der Waals surface area contributed by atoms with Crippen LogP contribution >= 0.6 is 11.6 Å². The zero-order valence-corrected chi connectivity index (χ0v) is 17.3. The lowest BCUT2D eigenvalue weighted by Gasteiger charge is -2.23. The number of nitrogens with zero attached hydrogens (tertiary/aromatic N) is 3. The van der Waals surface area contributed by atoms with E-state index in [9.17, 15) is 9.59 Å². The third-order valence-corrected chi connectivity index (χ3v) is 6.37. The predicted octanol–water partition coefficient (Wildman–Crippen LogP) is 3.76. The molecule has 30 heavy (non-hydrogen) atoms. The summed E-state index contributed by atoms with van der Waals surface area (Å²) < 4.78 is 1.85. The molecule has 1 aliphatic heterocycles. The Hall–Kier alpha value is -3.12. The second kappa shape index (κ2) is 6.71. The van der Waals surface area contributed by atoms with Crippen molar-refractivity contribution in [3.8, 4) is 0 Å². The van der Waals surface area contributed by atoms with Gasteiger partial charge in [0.05, 0.1) is 23.0 Å². The summed E-state index contributed by atoms with van der Waals surface area (Å²) in [6.07, 6.45) is 5.69. The molecule has 0 radical (unpaired) electrons. The van der Waals surface area contributed by atoms with Gasteiger partial charge in [-0.3, -0.25) is 19.2 Å². The normalized spacial score (nSPS) is 19.4. The van der Waals surface area contributed by atoms with Crippen LogP contribution in [-0.4, -0.2) is 21.6 Å². The smallest absolute Gasteiger partial charge is 0.248 e. The third kappa shape index (κ3) is 2.67. The van der Waals surface area contributed by atoms with Crippen molar-refractivity contribution < 1.29 is 9.59 Å². The van der Waals surface area contributed by atoms with E-state index in [0.717, 1.165) is 41.0 Å². The highest BCUT2D eigenvalue weighted by Gasteiger charge is 2.54. The number of anilines is 2. The van der Waals surface area contributed by atoms with Gasteiger partial charge in [-0.25, -0.2) is 0 Å². The number of carbonyl (C=O) groups excluding carboxylic acids is 2. The van der Waals surface area contributed by atoms with Crippen molar-refractivity contribution >= 4 is 34.8 Å². The number of hydrogen-bond donors (Lipinski definition) is 1. The summed E-state index contributed by atoms with van der Waals surface area (Å²) in [4.78, 5) is 27.3. The second-order valence-electron chi connectivity index (χ2n) is 8.05. The van der Waals surface area contributed by atoms with Crippen molar-refractivity contribution in [3.63, 3.8) is 0 Å². The molecule has 3 aromatic rings. The summed E-state index contributed by atoms with van der Waals surface area (Å²) in [5.41, 5.74) is 9.76. The van der Waals surface area contributed by atoms with Crippen molar-refractivity contribution in [1.29, 1.82) is 0 Å². The van der Waals surface area contributed by atoms with Gasteiger partial charge in [0, 0.05) is 23.3 Å². The van der Waals surface area contributed by atoms with Crippen molar-refractivity contribution in [3.05, 3.63) is 76.1 Å². The second-order valence-corrected chi connectivity index (χ2v) is 8.48.